The van der Waals surface area contributed by atoms with Crippen LogP contribution in [-0.4, -0.2) is 44.4 Å². The van der Waals surface area contributed by atoms with Gasteiger partial charge in [-0.25, -0.2) is 9.67 Å². The number of aryl methyl sites for hydroxylation is 2. The average molecular weight is 458 g/mol. The van der Waals surface area contributed by atoms with E-state index in [0.29, 0.717) is 11.4 Å². The standard InChI is InChI=1S/C26H27N5O3/c32-23(26(34)28-19-12-13-19)22(15-17-7-2-1-3-8-17)29-25(33)20-10-6-14-27-24(20)31-16-18-9-4-5-11-21(18)30-31/h1-3,6-8,10,14,16,19,22H,4-5,9,11-13,15H2,(H,28,34)(H,29,33). The van der Waals surface area contributed by atoms with Crippen molar-refractivity contribution >= 4 is 17.6 Å². The average Bonchev–Trinajstić information content (AvgIpc) is 3.57. The number of nitrogens with one attached hydrogen (secondary N) is 2. The van der Waals surface area contributed by atoms with Gasteiger partial charge in [0, 0.05) is 24.9 Å². The second-order valence-corrected chi connectivity index (χ2v) is 8.96. The fourth-order valence-corrected chi connectivity index (χ4v) is 4.28. The van der Waals surface area contributed by atoms with E-state index in [-0.39, 0.29) is 12.5 Å². The lowest BCUT2D eigenvalue weighted by Crippen LogP contribution is -2.49. The molecule has 34 heavy (non-hydrogen) atoms. The molecule has 0 radical (unpaired) electrons. The topological polar surface area (TPSA) is 106 Å². The van der Waals surface area contributed by atoms with E-state index >= 15 is 0 Å². The van der Waals surface area contributed by atoms with E-state index in [4.69, 9.17) is 0 Å². The molecule has 0 bridgehead atoms. The molecular formula is C26H27N5O3. The van der Waals surface area contributed by atoms with Gasteiger partial charge < -0.3 is 10.6 Å². The lowest BCUT2D eigenvalue weighted by atomic mass is 9.99. The predicted molar refractivity (Wildman–Crippen MR) is 126 cm³/mol. The number of amides is 2. The van der Waals surface area contributed by atoms with Crippen LogP contribution in [-0.2, 0) is 28.9 Å². The molecule has 1 saturated carbocycles. The van der Waals surface area contributed by atoms with Gasteiger partial charge in [-0.2, -0.15) is 5.10 Å². The molecule has 0 aliphatic heterocycles. The highest BCUT2D eigenvalue weighted by atomic mass is 16.2. The molecule has 3 aromatic rings. The number of rotatable bonds is 8. The van der Waals surface area contributed by atoms with Crippen molar-refractivity contribution in [1.82, 2.24) is 25.4 Å². The van der Waals surface area contributed by atoms with Gasteiger partial charge in [-0.1, -0.05) is 30.3 Å². The van der Waals surface area contributed by atoms with Gasteiger partial charge in [0.1, 0.15) is 6.04 Å². The summed E-state index contributed by atoms with van der Waals surface area (Å²) in [6.07, 6.45) is 9.63. The lowest BCUT2D eigenvalue weighted by molar-refractivity contribution is -0.139. The van der Waals surface area contributed by atoms with Gasteiger partial charge in [-0.05, 0) is 61.8 Å². The van der Waals surface area contributed by atoms with Crippen molar-refractivity contribution in [2.75, 3.05) is 0 Å². The summed E-state index contributed by atoms with van der Waals surface area (Å²) in [6.45, 7) is 0. The second kappa shape index (κ2) is 9.59. The molecule has 2 amide bonds. The van der Waals surface area contributed by atoms with E-state index in [1.807, 2.05) is 36.5 Å². The van der Waals surface area contributed by atoms with Crippen molar-refractivity contribution in [2.24, 2.45) is 0 Å². The molecule has 1 aromatic carbocycles. The quantitative estimate of drug-likeness (QED) is 0.505. The molecule has 174 valence electrons. The van der Waals surface area contributed by atoms with E-state index in [1.54, 1.807) is 23.0 Å². The Labute approximate surface area is 197 Å². The molecule has 0 saturated heterocycles. The van der Waals surface area contributed by atoms with E-state index in [1.165, 1.54) is 5.56 Å². The molecular weight excluding hydrogens is 430 g/mol. The minimum Gasteiger partial charge on any atom is -0.347 e. The van der Waals surface area contributed by atoms with Crippen LogP contribution in [0, 0.1) is 0 Å². The number of hydrogen-bond donors (Lipinski definition) is 2. The fraction of sp³-hybridized carbons (Fsp3) is 0.346. The first-order valence-corrected chi connectivity index (χ1v) is 11.8. The van der Waals surface area contributed by atoms with Crippen LogP contribution in [0.4, 0.5) is 0 Å². The summed E-state index contributed by atoms with van der Waals surface area (Å²) in [6, 6.07) is 11.7. The van der Waals surface area contributed by atoms with Gasteiger partial charge in [0.2, 0.25) is 5.78 Å². The summed E-state index contributed by atoms with van der Waals surface area (Å²) in [5.74, 6) is -1.37. The number of hydrogen-bond acceptors (Lipinski definition) is 5. The maximum absolute atomic E-state index is 13.4. The monoisotopic (exact) mass is 457 g/mol. The Kier molecular flexibility index (Phi) is 6.20. The molecule has 2 aromatic heterocycles. The zero-order chi connectivity index (χ0) is 23.5. The smallest absolute Gasteiger partial charge is 0.289 e. The minimum absolute atomic E-state index is 0.0558. The Morgan fingerprint density at radius 3 is 2.59 bits per heavy atom. The van der Waals surface area contributed by atoms with Crippen LogP contribution in [0.1, 0.15) is 52.9 Å². The normalized spacial score (nSPS) is 15.8. The van der Waals surface area contributed by atoms with Gasteiger partial charge in [-0.3, -0.25) is 14.4 Å². The zero-order valence-corrected chi connectivity index (χ0v) is 18.9. The molecule has 8 nitrogen and oxygen atoms in total. The van der Waals surface area contributed by atoms with E-state index < -0.39 is 23.6 Å². The second-order valence-electron chi connectivity index (χ2n) is 8.96. The molecule has 8 heteroatoms. The van der Waals surface area contributed by atoms with Crippen LogP contribution in [0.5, 0.6) is 0 Å². The van der Waals surface area contributed by atoms with Crippen molar-refractivity contribution in [3.05, 3.63) is 77.2 Å². The molecule has 2 aliphatic rings. The summed E-state index contributed by atoms with van der Waals surface area (Å²) in [5.41, 5.74) is 3.37. The number of carbonyl (C=O) groups is 3. The third kappa shape index (κ3) is 4.90. The number of aromatic nitrogens is 3. The lowest BCUT2D eigenvalue weighted by Gasteiger charge is -2.18. The summed E-state index contributed by atoms with van der Waals surface area (Å²) < 4.78 is 1.65. The molecule has 2 heterocycles. The van der Waals surface area contributed by atoms with E-state index in [9.17, 15) is 14.4 Å². The van der Waals surface area contributed by atoms with Crippen molar-refractivity contribution in [3.63, 3.8) is 0 Å². The molecule has 5 rings (SSSR count). The summed E-state index contributed by atoms with van der Waals surface area (Å²) in [4.78, 5) is 43.3. The number of nitrogens with zero attached hydrogens (tertiary/aromatic N) is 3. The van der Waals surface area contributed by atoms with Crippen molar-refractivity contribution in [2.45, 2.75) is 57.0 Å². The highest BCUT2D eigenvalue weighted by Crippen LogP contribution is 2.22. The van der Waals surface area contributed by atoms with Crippen LogP contribution in [0.3, 0.4) is 0 Å². The Balaban J connectivity index is 1.40. The first kappa shape index (κ1) is 22.0. The number of pyridine rings is 1. The zero-order valence-electron chi connectivity index (χ0n) is 18.9. The number of ketones is 1. The third-order valence-electron chi connectivity index (χ3n) is 6.28. The molecule has 2 aliphatic carbocycles. The van der Waals surface area contributed by atoms with Gasteiger partial charge in [-0.15, -0.1) is 0 Å². The van der Waals surface area contributed by atoms with Crippen LogP contribution >= 0.6 is 0 Å². The molecule has 1 atom stereocenters. The number of benzene rings is 1. The van der Waals surface area contributed by atoms with Crippen LogP contribution < -0.4 is 10.6 Å². The number of carbonyl (C=O) groups excluding carboxylic acids is 3. The Hall–Kier alpha value is -3.81. The largest absolute Gasteiger partial charge is 0.347 e. The Bertz CT molecular complexity index is 1190. The van der Waals surface area contributed by atoms with Crippen molar-refractivity contribution in [1.29, 1.82) is 0 Å². The first-order chi connectivity index (χ1) is 16.6. The van der Waals surface area contributed by atoms with Crippen LogP contribution in [0.15, 0.2) is 54.9 Å². The maximum atomic E-state index is 13.4. The summed E-state index contributed by atoms with van der Waals surface area (Å²) in [5, 5.41) is 10.2. The van der Waals surface area contributed by atoms with Gasteiger partial charge in [0.05, 0.1) is 11.3 Å². The third-order valence-corrected chi connectivity index (χ3v) is 6.28. The predicted octanol–water partition coefficient (Wildman–Crippen LogP) is 2.33. The maximum Gasteiger partial charge on any atom is 0.289 e. The molecule has 2 N–H and O–H groups in total. The van der Waals surface area contributed by atoms with Gasteiger partial charge in [0.25, 0.3) is 11.8 Å². The highest BCUT2D eigenvalue weighted by Gasteiger charge is 2.32. The number of fused-ring (bicyclic) bond motifs is 1. The Morgan fingerprint density at radius 1 is 1.03 bits per heavy atom. The highest BCUT2D eigenvalue weighted by molar-refractivity contribution is 6.38. The molecule has 1 fully saturated rings. The molecule has 0 spiro atoms. The summed E-state index contributed by atoms with van der Waals surface area (Å²) in [7, 11) is 0. The van der Waals surface area contributed by atoms with Crippen LogP contribution in [0.25, 0.3) is 5.82 Å². The summed E-state index contributed by atoms with van der Waals surface area (Å²) >= 11 is 0. The SMILES string of the molecule is O=C(NC1CC1)C(=O)C(Cc1ccccc1)NC(=O)c1cccnc1-n1cc2c(n1)CCCC2. The van der Waals surface area contributed by atoms with Gasteiger partial charge >= 0.3 is 0 Å². The Morgan fingerprint density at radius 2 is 1.82 bits per heavy atom. The first-order valence-electron chi connectivity index (χ1n) is 11.8. The minimum atomic E-state index is -0.993. The van der Waals surface area contributed by atoms with E-state index in [2.05, 4.69) is 20.7 Å². The van der Waals surface area contributed by atoms with Crippen LogP contribution in [0.2, 0.25) is 0 Å². The van der Waals surface area contributed by atoms with Gasteiger partial charge in [0.15, 0.2) is 5.82 Å². The fourth-order valence-electron chi connectivity index (χ4n) is 4.28. The van der Waals surface area contributed by atoms with Crippen molar-refractivity contribution in [3.8, 4) is 5.82 Å². The van der Waals surface area contributed by atoms with E-state index in [0.717, 1.165) is 49.8 Å². The van der Waals surface area contributed by atoms with Crippen molar-refractivity contribution < 1.29 is 14.4 Å². The molecule has 1 unspecified atom stereocenters. The number of Topliss-reactive ketones (excluding diaryl/α,β-unsaturated/α-hetero) is 1.